The minimum atomic E-state index is 0.543. The van der Waals surface area contributed by atoms with E-state index in [4.69, 9.17) is 15.6 Å². The molecule has 4 aromatic carbocycles. The van der Waals surface area contributed by atoms with Crippen molar-refractivity contribution in [3.05, 3.63) is 120 Å². The average Bonchev–Trinajstić information content (AvgIpc) is 3.29. The molecule has 0 amide bonds. The van der Waals surface area contributed by atoms with Crippen molar-refractivity contribution < 1.29 is 4.74 Å². The predicted molar refractivity (Wildman–Crippen MR) is 139 cm³/mol. The Labute approximate surface area is 200 Å². The number of rotatable bonds is 6. The van der Waals surface area contributed by atoms with Crippen LogP contribution in [0.3, 0.4) is 0 Å². The summed E-state index contributed by atoms with van der Waals surface area (Å²) in [6.45, 7) is 4.79. The molecule has 1 aromatic heterocycles. The van der Waals surface area contributed by atoms with Crippen molar-refractivity contribution in [2.45, 2.75) is 20.5 Å². The number of nitrogens with two attached hydrogens (primary N) is 1. The van der Waals surface area contributed by atoms with Crippen LogP contribution in [0.5, 0.6) is 5.75 Å². The molecule has 0 atom stereocenters. The van der Waals surface area contributed by atoms with Crippen LogP contribution in [-0.4, -0.2) is 9.78 Å². The zero-order chi connectivity index (χ0) is 23.5. The number of para-hydroxylation sites is 1. The van der Waals surface area contributed by atoms with Crippen LogP contribution in [0.1, 0.15) is 16.7 Å². The summed E-state index contributed by atoms with van der Waals surface area (Å²) in [4.78, 5) is 0. The minimum Gasteiger partial charge on any atom is -0.489 e. The van der Waals surface area contributed by atoms with E-state index < -0.39 is 0 Å². The van der Waals surface area contributed by atoms with Crippen LogP contribution < -0.4 is 10.5 Å². The first kappa shape index (κ1) is 21.5. The Bertz CT molecular complexity index is 1380. The Morgan fingerprint density at radius 2 is 1.38 bits per heavy atom. The molecule has 0 saturated heterocycles. The minimum absolute atomic E-state index is 0.543. The highest BCUT2D eigenvalue weighted by atomic mass is 16.5. The van der Waals surface area contributed by atoms with Gasteiger partial charge in [-0.25, -0.2) is 4.68 Å². The fourth-order valence-corrected chi connectivity index (χ4v) is 4.15. The molecule has 5 aromatic rings. The number of hydrogen-bond acceptors (Lipinski definition) is 3. The Hall–Kier alpha value is -4.31. The smallest absolute Gasteiger partial charge is 0.119 e. The number of nitrogens with zero attached hydrogens (tertiary/aromatic N) is 2. The molecule has 4 nitrogen and oxygen atoms in total. The molecule has 34 heavy (non-hydrogen) atoms. The highest BCUT2D eigenvalue weighted by molar-refractivity contribution is 5.72. The Balaban J connectivity index is 1.52. The zero-order valence-electron chi connectivity index (χ0n) is 19.4. The lowest BCUT2D eigenvalue weighted by molar-refractivity contribution is 0.306. The molecule has 0 unspecified atom stereocenters. The monoisotopic (exact) mass is 445 g/mol. The van der Waals surface area contributed by atoms with Gasteiger partial charge in [-0.3, -0.25) is 0 Å². The van der Waals surface area contributed by atoms with Gasteiger partial charge in [-0.2, -0.15) is 5.10 Å². The molecule has 168 valence electrons. The highest BCUT2D eigenvalue weighted by Crippen LogP contribution is 2.32. The molecule has 0 radical (unpaired) electrons. The molecule has 0 saturated carbocycles. The molecule has 5 rings (SSSR count). The Morgan fingerprint density at radius 1 is 0.735 bits per heavy atom. The van der Waals surface area contributed by atoms with E-state index in [1.54, 1.807) is 0 Å². The van der Waals surface area contributed by atoms with Crippen molar-refractivity contribution in [3.8, 4) is 34.0 Å². The second-order valence-electron chi connectivity index (χ2n) is 8.49. The summed E-state index contributed by atoms with van der Waals surface area (Å²) in [6.07, 6.45) is 0. The van der Waals surface area contributed by atoms with Gasteiger partial charge in [-0.1, -0.05) is 60.7 Å². The van der Waals surface area contributed by atoms with Gasteiger partial charge in [0.05, 0.1) is 17.1 Å². The van der Waals surface area contributed by atoms with E-state index in [9.17, 15) is 0 Å². The summed E-state index contributed by atoms with van der Waals surface area (Å²) in [5.74, 6) is 0.837. The fraction of sp³-hybridized carbons (Fsp3) is 0.100. The molecule has 0 spiro atoms. The molecule has 2 N–H and O–H groups in total. The fourth-order valence-electron chi connectivity index (χ4n) is 4.15. The van der Waals surface area contributed by atoms with Crippen LogP contribution in [-0.2, 0) is 6.61 Å². The van der Waals surface area contributed by atoms with Crippen LogP contribution in [0.25, 0.3) is 28.2 Å². The molecule has 0 fully saturated rings. The first-order valence-corrected chi connectivity index (χ1v) is 11.4. The van der Waals surface area contributed by atoms with E-state index in [-0.39, 0.29) is 0 Å². The first-order chi connectivity index (χ1) is 16.6. The SMILES string of the molecule is Cc1cccc(C)c1-n1nc(-c2ccc(N)cc2)cc1-c1ccc(OCc2ccccc2)cc1. The predicted octanol–water partition coefficient (Wildman–Crippen LogP) is 6.98. The molecular formula is C30H27N3O. The number of hydrogen-bond donors (Lipinski definition) is 1. The molecule has 0 bridgehead atoms. The average molecular weight is 446 g/mol. The van der Waals surface area contributed by atoms with Gasteiger partial charge in [0.25, 0.3) is 0 Å². The van der Waals surface area contributed by atoms with E-state index in [1.807, 2.05) is 54.6 Å². The third-order valence-corrected chi connectivity index (χ3v) is 5.97. The number of aryl methyl sites for hydroxylation is 2. The van der Waals surface area contributed by atoms with Crippen LogP contribution in [0, 0.1) is 13.8 Å². The number of anilines is 1. The van der Waals surface area contributed by atoms with Crippen molar-refractivity contribution in [1.82, 2.24) is 9.78 Å². The molecule has 4 heteroatoms. The largest absolute Gasteiger partial charge is 0.489 e. The normalized spacial score (nSPS) is 10.9. The maximum Gasteiger partial charge on any atom is 0.119 e. The van der Waals surface area contributed by atoms with Crippen LogP contribution in [0.15, 0.2) is 103 Å². The number of aromatic nitrogens is 2. The topological polar surface area (TPSA) is 53.1 Å². The van der Waals surface area contributed by atoms with Crippen molar-refractivity contribution in [3.63, 3.8) is 0 Å². The Kier molecular flexibility index (Phi) is 5.88. The molecular weight excluding hydrogens is 418 g/mol. The third kappa shape index (κ3) is 4.44. The van der Waals surface area contributed by atoms with Crippen molar-refractivity contribution in [2.24, 2.45) is 0 Å². The number of benzene rings is 4. The Morgan fingerprint density at radius 3 is 2.06 bits per heavy atom. The maximum atomic E-state index is 5.99. The molecule has 0 aliphatic carbocycles. The quantitative estimate of drug-likeness (QED) is 0.287. The van der Waals surface area contributed by atoms with Gasteiger partial charge in [0, 0.05) is 16.8 Å². The van der Waals surface area contributed by atoms with Gasteiger partial charge >= 0.3 is 0 Å². The summed E-state index contributed by atoms with van der Waals surface area (Å²) in [5, 5.41) is 5.02. The summed E-state index contributed by atoms with van der Waals surface area (Å²) in [6, 6.07) is 34.7. The van der Waals surface area contributed by atoms with E-state index in [0.29, 0.717) is 6.61 Å². The lowest BCUT2D eigenvalue weighted by Gasteiger charge is -2.14. The van der Waals surface area contributed by atoms with Crippen LogP contribution in [0.2, 0.25) is 0 Å². The molecule has 1 heterocycles. The second kappa shape index (κ2) is 9.28. The van der Waals surface area contributed by atoms with Gasteiger partial charge in [0.15, 0.2) is 0 Å². The summed E-state index contributed by atoms with van der Waals surface area (Å²) in [7, 11) is 0. The summed E-state index contributed by atoms with van der Waals surface area (Å²) in [5.41, 5.74) is 15.3. The highest BCUT2D eigenvalue weighted by Gasteiger charge is 2.16. The molecule has 0 aliphatic heterocycles. The lowest BCUT2D eigenvalue weighted by atomic mass is 10.1. The summed E-state index contributed by atoms with van der Waals surface area (Å²) >= 11 is 0. The van der Waals surface area contributed by atoms with Gasteiger partial charge < -0.3 is 10.5 Å². The van der Waals surface area contributed by atoms with Crippen molar-refractivity contribution >= 4 is 5.69 Å². The van der Waals surface area contributed by atoms with E-state index >= 15 is 0 Å². The maximum absolute atomic E-state index is 5.99. The van der Waals surface area contributed by atoms with E-state index in [2.05, 4.69) is 67.1 Å². The van der Waals surface area contributed by atoms with Gasteiger partial charge in [-0.15, -0.1) is 0 Å². The van der Waals surface area contributed by atoms with E-state index in [1.165, 1.54) is 11.1 Å². The number of nitrogen functional groups attached to an aromatic ring is 1. The van der Waals surface area contributed by atoms with E-state index in [0.717, 1.165) is 45.2 Å². The van der Waals surface area contributed by atoms with Crippen LogP contribution >= 0.6 is 0 Å². The lowest BCUT2D eigenvalue weighted by Crippen LogP contribution is -2.04. The van der Waals surface area contributed by atoms with Gasteiger partial charge in [0.1, 0.15) is 12.4 Å². The van der Waals surface area contributed by atoms with Gasteiger partial charge in [-0.05, 0) is 73.0 Å². The third-order valence-electron chi connectivity index (χ3n) is 5.97. The van der Waals surface area contributed by atoms with Crippen LogP contribution in [0.4, 0.5) is 5.69 Å². The second-order valence-corrected chi connectivity index (χ2v) is 8.49. The van der Waals surface area contributed by atoms with Crippen molar-refractivity contribution in [1.29, 1.82) is 0 Å². The van der Waals surface area contributed by atoms with Crippen molar-refractivity contribution in [2.75, 3.05) is 5.73 Å². The standard InChI is InChI=1S/C30H27N3O/c1-21-7-6-8-22(2)30(21)33-29(19-28(32-33)24-11-15-26(31)16-12-24)25-13-17-27(18-14-25)34-20-23-9-4-3-5-10-23/h3-19H,20,31H2,1-2H3. The summed E-state index contributed by atoms with van der Waals surface area (Å²) < 4.78 is 8.04. The first-order valence-electron chi connectivity index (χ1n) is 11.4. The molecule has 0 aliphatic rings. The number of ether oxygens (including phenoxy) is 1. The zero-order valence-corrected chi connectivity index (χ0v) is 19.4. The van der Waals surface area contributed by atoms with Gasteiger partial charge in [0.2, 0.25) is 0 Å².